The van der Waals surface area contributed by atoms with E-state index in [9.17, 15) is 9.50 Å². The maximum absolute atomic E-state index is 13.3. The van der Waals surface area contributed by atoms with E-state index in [1.807, 2.05) is 11.0 Å². The van der Waals surface area contributed by atoms with Crippen LogP contribution < -0.4 is 4.90 Å². The lowest BCUT2D eigenvalue weighted by Crippen LogP contribution is -2.34. The molecule has 1 aromatic rings. The molecule has 1 N–H and O–H groups in total. The first kappa shape index (κ1) is 14.8. The molecule has 3 rings (SSSR count). The Bertz CT molecular complexity index is 477. The Morgan fingerprint density at radius 2 is 2.38 bits per heavy atom. The molecule has 2 aliphatic heterocycles. The van der Waals surface area contributed by atoms with Crippen LogP contribution in [-0.4, -0.2) is 50.2 Å². The number of aliphatic hydroxyl groups is 1. The molecule has 0 aromatic heterocycles. The Labute approximate surface area is 124 Å². The third kappa shape index (κ3) is 3.73. The van der Waals surface area contributed by atoms with Gasteiger partial charge in [0, 0.05) is 25.4 Å². The van der Waals surface area contributed by atoms with Crippen LogP contribution in [0, 0.1) is 5.82 Å². The van der Waals surface area contributed by atoms with Gasteiger partial charge >= 0.3 is 0 Å². The molecule has 2 atom stereocenters. The van der Waals surface area contributed by atoms with E-state index in [-0.39, 0.29) is 11.9 Å². The summed E-state index contributed by atoms with van der Waals surface area (Å²) in [7, 11) is 0. The molecule has 4 nitrogen and oxygen atoms in total. The van der Waals surface area contributed by atoms with Gasteiger partial charge in [-0.3, -0.25) is 0 Å². The van der Waals surface area contributed by atoms with Crippen LogP contribution >= 0.6 is 0 Å². The lowest BCUT2D eigenvalue weighted by atomic mass is 10.2. The SMILES string of the molecule is O[C@H](COC[C@@H]1CCCO1)CN1CCc2ccc(F)cc21. The van der Waals surface area contributed by atoms with Gasteiger partial charge in [-0.1, -0.05) is 6.07 Å². The minimum atomic E-state index is -0.569. The molecule has 21 heavy (non-hydrogen) atoms. The lowest BCUT2D eigenvalue weighted by molar-refractivity contribution is -0.0149. The van der Waals surface area contributed by atoms with E-state index in [1.54, 1.807) is 6.07 Å². The molecule has 0 spiro atoms. The highest BCUT2D eigenvalue weighted by atomic mass is 19.1. The van der Waals surface area contributed by atoms with Crippen molar-refractivity contribution in [3.05, 3.63) is 29.6 Å². The Kier molecular flexibility index (Phi) is 4.73. The molecule has 1 fully saturated rings. The Morgan fingerprint density at radius 3 is 3.19 bits per heavy atom. The van der Waals surface area contributed by atoms with Crippen molar-refractivity contribution in [2.75, 3.05) is 37.8 Å². The van der Waals surface area contributed by atoms with Gasteiger partial charge in [0.25, 0.3) is 0 Å². The summed E-state index contributed by atoms with van der Waals surface area (Å²) in [5.74, 6) is -0.232. The second-order valence-corrected chi connectivity index (χ2v) is 5.80. The Morgan fingerprint density at radius 1 is 1.48 bits per heavy atom. The van der Waals surface area contributed by atoms with Crippen LogP contribution in [0.4, 0.5) is 10.1 Å². The normalized spacial score (nSPS) is 22.6. The third-order valence-electron chi connectivity index (χ3n) is 4.11. The van der Waals surface area contributed by atoms with E-state index in [0.717, 1.165) is 43.7 Å². The van der Waals surface area contributed by atoms with Crippen molar-refractivity contribution in [2.24, 2.45) is 0 Å². The van der Waals surface area contributed by atoms with Gasteiger partial charge in [-0.05, 0) is 37.0 Å². The first-order valence-corrected chi connectivity index (χ1v) is 7.63. The second kappa shape index (κ2) is 6.73. The summed E-state index contributed by atoms with van der Waals surface area (Å²) in [5.41, 5.74) is 2.04. The van der Waals surface area contributed by atoms with Gasteiger partial charge < -0.3 is 19.5 Å². The average molecular weight is 295 g/mol. The van der Waals surface area contributed by atoms with Crippen LogP contribution in [0.2, 0.25) is 0 Å². The number of aliphatic hydroxyl groups excluding tert-OH is 1. The van der Waals surface area contributed by atoms with E-state index < -0.39 is 6.10 Å². The minimum absolute atomic E-state index is 0.179. The predicted molar refractivity (Wildman–Crippen MR) is 78.1 cm³/mol. The highest BCUT2D eigenvalue weighted by Gasteiger charge is 2.22. The van der Waals surface area contributed by atoms with E-state index in [1.165, 1.54) is 6.07 Å². The van der Waals surface area contributed by atoms with Gasteiger partial charge in [0.05, 0.1) is 25.4 Å². The molecule has 0 radical (unpaired) electrons. The molecule has 2 aliphatic rings. The number of anilines is 1. The summed E-state index contributed by atoms with van der Waals surface area (Å²) in [6.45, 7) is 2.94. The molecule has 5 heteroatoms. The Balaban J connectivity index is 1.45. The van der Waals surface area contributed by atoms with E-state index in [0.29, 0.717) is 19.8 Å². The number of fused-ring (bicyclic) bond motifs is 1. The van der Waals surface area contributed by atoms with E-state index in [2.05, 4.69) is 0 Å². The van der Waals surface area contributed by atoms with Crippen molar-refractivity contribution in [3.8, 4) is 0 Å². The zero-order valence-electron chi connectivity index (χ0n) is 12.1. The summed E-state index contributed by atoms with van der Waals surface area (Å²) in [6, 6.07) is 4.86. The number of halogens is 1. The van der Waals surface area contributed by atoms with Crippen LogP contribution in [0.3, 0.4) is 0 Å². The van der Waals surface area contributed by atoms with Gasteiger partial charge in [0.15, 0.2) is 0 Å². The van der Waals surface area contributed by atoms with Crippen molar-refractivity contribution in [2.45, 2.75) is 31.5 Å². The molecule has 0 aliphatic carbocycles. The first-order chi connectivity index (χ1) is 10.2. The quantitative estimate of drug-likeness (QED) is 0.868. The van der Waals surface area contributed by atoms with E-state index in [4.69, 9.17) is 9.47 Å². The zero-order chi connectivity index (χ0) is 14.7. The van der Waals surface area contributed by atoms with Gasteiger partial charge in [-0.25, -0.2) is 4.39 Å². The average Bonchev–Trinajstić information content (AvgIpc) is 3.09. The molecule has 0 unspecified atom stereocenters. The molecule has 116 valence electrons. The number of benzene rings is 1. The maximum Gasteiger partial charge on any atom is 0.125 e. The monoisotopic (exact) mass is 295 g/mol. The Hall–Kier alpha value is -1.17. The fourth-order valence-electron chi connectivity index (χ4n) is 3.03. The predicted octanol–water partition coefficient (Wildman–Crippen LogP) is 1.74. The lowest BCUT2D eigenvalue weighted by Gasteiger charge is -2.23. The van der Waals surface area contributed by atoms with E-state index >= 15 is 0 Å². The molecule has 2 heterocycles. The van der Waals surface area contributed by atoms with Crippen LogP contribution in [0.15, 0.2) is 18.2 Å². The van der Waals surface area contributed by atoms with Crippen LogP contribution in [0.5, 0.6) is 0 Å². The summed E-state index contributed by atoms with van der Waals surface area (Å²) in [6.07, 6.45) is 2.64. The van der Waals surface area contributed by atoms with Gasteiger partial charge in [0.2, 0.25) is 0 Å². The standard InChI is InChI=1S/C16H22FNO3/c17-13-4-3-12-5-6-18(16(12)8-13)9-14(19)10-20-11-15-2-1-7-21-15/h3-4,8,14-15,19H,1-2,5-7,9-11H2/t14-,15-/m0/s1. The molecular formula is C16H22FNO3. The van der Waals surface area contributed by atoms with Crippen molar-refractivity contribution in [3.63, 3.8) is 0 Å². The van der Waals surface area contributed by atoms with Crippen LogP contribution in [0.1, 0.15) is 18.4 Å². The summed E-state index contributed by atoms with van der Waals surface area (Å²) in [5, 5.41) is 10.1. The number of hydrogen-bond acceptors (Lipinski definition) is 4. The van der Waals surface area contributed by atoms with Gasteiger partial charge in [0.1, 0.15) is 5.82 Å². The number of hydrogen-bond donors (Lipinski definition) is 1. The molecule has 0 bridgehead atoms. The summed E-state index contributed by atoms with van der Waals surface area (Å²) >= 11 is 0. The second-order valence-electron chi connectivity index (χ2n) is 5.80. The number of rotatable bonds is 6. The summed E-state index contributed by atoms with van der Waals surface area (Å²) < 4.78 is 24.3. The number of nitrogens with zero attached hydrogens (tertiary/aromatic N) is 1. The highest BCUT2D eigenvalue weighted by Crippen LogP contribution is 2.28. The fourth-order valence-corrected chi connectivity index (χ4v) is 3.03. The third-order valence-corrected chi connectivity index (χ3v) is 4.11. The molecular weight excluding hydrogens is 273 g/mol. The van der Waals surface area contributed by atoms with Crippen molar-refractivity contribution >= 4 is 5.69 Å². The minimum Gasteiger partial charge on any atom is -0.389 e. The first-order valence-electron chi connectivity index (χ1n) is 7.63. The van der Waals surface area contributed by atoms with Gasteiger partial charge in [-0.2, -0.15) is 0 Å². The maximum atomic E-state index is 13.3. The number of β-amino-alcohol motifs (C(OH)–C–C–N with tert-alkyl or cyclic N) is 1. The molecule has 1 aromatic carbocycles. The highest BCUT2D eigenvalue weighted by molar-refractivity contribution is 5.58. The van der Waals surface area contributed by atoms with Gasteiger partial charge in [-0.15, -0.1) is 0 Å². The van der Waals surface area contributed by atoms with Crippen molar-refractivity contribution < 1.29 is 19.0 Å². The largest absolute Gasteiger partial charge is 0.389 e. The van der Waals surface area contributed by atoms with Crippen molar-refractivity contribution in [1.82, 2.24) is 0 Å². The molecule has 1 saturated heterocycles. The summed E-state index contributed by atoms with van der Waals surface area (Å²) in [4.78, 5) is 2.03. The smallest absolute Gasteiger partial charge is 0.125 e. The molecule has 0 saturated carbocycles. The number of ether oxygens (including phenoxy) is 2. The van der Waals surface area contributed by atoms with Crippen LogP contribution in [0.25, 0.3) is 0 Å². The fraction of sp³-hybridized carbons (Fsp3) is 0.625. The topological polar surface area (TPSA) is 41.9 Å². The van der Waals surface area contributed by atoms with Crippen LogP contribution in [-0.2, 0) is 15.9 Å². The molecule has 0 amide bonds. The van der Waals surface area contributed by atoms with Crippen molar-refractivity contribution in [1.29, 1.82) is 0 Å². The zero-order valence-corrected chi connectivity index (χ0v) is 12.1.